The van der Waals surface area contributed by atoms with Gasteiger partial charge in [0.1, 0.15) is 34.0 Å². The van der Waals surface area contributed by atoms with E-state index in [0.717, 1.165) is 36.1 Å². The Kier molecular flexibility index (Phi) is 6.94. The number of fused-ring (bicyclic) bond motifs is 1. The van der Waals surface area contributed by atoms with E-state index in [4.69, 9.17) is 9.15 Å². The molecule has 0 spiro atoms. The van der Waals surface area contributed by atoms with E-state index in [1.807, 2.05) is 6.07 Å². The Morgan fingerprint density at radius 1 is 1.18 bits per heavy atom. The molecular weight excluding hydrogens is 455 g/mol. The number of aryl methyl sites for hydroxylation is 1. The molecule has 2 heterocycles. The molecule has 0 fully saturated rings. The van der Waals surface area contributed by atoms with Gasteiger partial charge >= 0.3 is 5.97 Å². The lowest BCUT2D eigenvalue weighted by Crippen LogP contribution is -2.18. The smallest absolute Gasteiger partial charge is 0.341 e. The number of thiophene rings is 1. The molecule has 174 valence electrons. The molecule has 4 rings (SSSR count). The second-order valence-corrected chi connectivity index (χ2v) is 9.31. The molecule has 6 nitrogen and oxygen atoms in total. The van der Waals surface area contributed by atoms with Crippen molar-refractivity contribution in [3.63, 3.8) is 0 Å². The van der Waals surface area contributed by atoms with Gasteiger partial charge < -0.3 is 14.5 Å². The van der Waals surface area contributed by atoms with Gasteiger partial charge in [0.15, 0.2) is 0 Å². The lowest BCUT2D eigenvalue weighted by Gasteiger charge is -2.14. The molecule has 0 unspecified atom stereocenters. The zero-order chi connectivity index (χ0) is 24.2. The van der Waals surface area contributed by atoms with Gasteiger partial charge in [0.05, 0.1) is 11.7 Å². The summed E-state index contributed by atoms with van der Waals surface area (Å²) < 4.78 is 24.3. The molecule has 0 saturated carbocycles. The van der Waals surface area contributed by atoms with Crippen LogP contribution in [0.2, 0.25) is 0 Å². The number of amides is 1. The summed E-state index contributed by atoms with van der Waals surface area (Å²) in [6, 6.07) is 11.0. The van der Waals surface area contributed by atoms with E-state index in [1.54, 1.807) is 38.1 Å². The van der Waals surface area contributed by atoms with Gasteiger partial charge in [0.25, 0.3) is 5.91 Å². The largest absolute Gasteiger partial charge is 0.459 e. The molecule has 1 amide bonds. The van der Waals surface area contributed by atoms with Crippen molar-refractivity contribution in [3.05, 3.63) is 69.6 Å². The summed E-state index contributed by atoms with van der Waals surface area (Å²) >= 11 is 1.36. The number of carbonyl (C=O) groups is 2. The minimum atomic E-state index is -0.639. The number of nitriles is 1. The monoisotopic (exact) mass is 478 g/mol. The molecule has 0 aliphatic heterocycles. The lowest BCUT2D eigenvalue weighted by molar-refractivity contribution is -0.112. The highest BCUT2D eigenvalue weighted by atomic mass is 32.1. The average molecular weight is 479 g/mol. The minimum absolute atomic E-state index is 0.172. The minimum Gasteiger partial charge on any atom is -0.459 e. The molecule has 34 heavy (non-hydrogen) atoms. The van der Waals surface area contributed by atoms with Crippen LogP contribution in [0.1, 0.15) is 53.2 Å². The molecule has 8 heteroatoms. The number of esters is 1. The Hall–Kier alpha value is -3.70. The van der Waals surface area contributed by atoms with Crippen molar-refractivity contribution in [2.45, 2.75) is 45.6 Å². The van der Waals surface area contributed by atoms with Crippen LogP contribution in [0.4, 0.5) is 9.39 Å². The van der Waals surface area contributed by atoms with Crippen LogP contribution in [0.15, 0.2) is 46.4 Å². The highest BCUT2D eigenvalue weighted by Gasteiger charge is 2.28. The van der Waals surface area contributed by atoms with Gasteiger partial charge in [-0.1, -0.05) is 0 Å². The lowest BCUT2D eigenvalue weighted by atomic mass is 9.95. The Morgan fingerprint density at radius 3 is 2.62 bits per heavy atom. The number of carbonyl (C=O) groups excluding carboxylic acids is 2. The highest BCUT2D eigenvalue weighted by Crippen LogP contribution is 2.39. The first-order chi connectivity index (χ1) is 16.4. The van der Waals surface area contributed by atoms with Gasteiger partial charge in [-0.05, 0) is 81.5 Å². The van der Waals surface area contributed by atoms with E-state index in [-0.39, 0.29) is 17.5 Å². The van der Waals surface area contributed by atoms with E-state index < -0.39 is 11.9 Å². The third-order valence-electron chi connectivity index (χ3n) is 5.35. The van der Waals surface area contributed by atoms with E-state index >= 15 is 0 Å². The molecule has 1 N–H and O–H groups in total. The molecule has 0 bridgehead atoms. The maximum Gasteiger partial charge on any atom is 0.341 e. The van der Waals surface area contributed by atoms with Crippen LogP contribution in [-0.2, 0) is 22.4 Å². The molecule has 2 aromatic heterocycles. The van der Waals surface area contributed by atoms with Crippen LogP contribution in [-0.4, -0.2) is 18.0 Å². The number of ether oxygens (including phenoxy) is 1. The maximum atomic E-state index is 13.2. The number of anilines is 1. The Bertz CT molecular complexity index is 1300. The predicted octanol–water partition coefficient (Wildman–Crippen LogP) is 6.14. The summed E-state index contributed by atoms with van der Waals surface area (Å²) in [5.74, 6) is -0.683. The van der Waals surface area contributed by atoms with Gasteiger partial charge in [-0.2, -0.15) is 5.26 Å². The van der Waals surface area contributed by atoms with Gasteiger partial charge in [-0.25, -0.2) is 9.18 Å². The zero-order valence-corrected chi connectivity index (χ0v) is 19.6. The summed E-state index contributed by atoms with van der Waals surface area (Å²) in [7, 11) is 0. The van der Waals surface area contributed by atoms with Crippen molar-refractivity contribution in [3.8, 4) is 17.4 Å². The van der Waals surface area contributed by atoms with Crippen LogP contribution >= 0.6 is 11.3 Å². The quantitative estimate of drug-likeness (QED) is 0.261. The first-order valence-corrected chi connectivity index (χ1v) is 11.8. The summed E-state index contributed by atoms with van der Waals surface area (Å²) in [6.07, 6.45) is 4.64. The van der Waals surface area contributed by atoms with Crippen LogP contribution in [0.3, 0.4) is 0 Å². The standard InChI is InChI=1S/C26H23FN2O4S/c1-15(2)32-26(31)23-20-5-3-4-6-22(20)34-25(23)29-24(30)17(14-28)13-19-11-12-21(33-19)16-7-9-18(27)10-8-16/h7-13,15H,3-6H2,1-2H3,(H,29,30)/b17-13+. The predicted molar refractivity (Wildman–Crippen MR) is 128 cm³/mol. The van der Waals surface area contributed by atoms with E-state index in [1.165, 1.54) is 29.5 Å². The number of nitrogens with one attached hydrogen (secondary N) is 1. The second-order valence-electron chi connectivity index (χ2n) is 8.20. The van der Waals surface area contributed by atoms with Crippen molar-refractivity contribution >= 4 is 34.3 Å². The summed E-state index contributed by atoms with van der Waals surface area (Å²) in [6.45, 7) is 3.55. The topological polar surface area (TPSA) is 92.3 Å². The second kappa shape index (κ2) is 10.1. The number of halogens is 1. The molecule has 1 aliphatic rings. The van der Waals surface area contributed by atoms with E-state index in [2.05, 4.69) is 5.32 Å². The molecular formula is C26H23FN2O4S. The fourth-order valence-corrected chi connectivity index (χ4v) is 5.08. The normalized spacial score (nSPS) is 13.3. The van der Waals surface area contributed by atoms with Crippen LogP contribution in [0.25, 0.3) is 17.4 Å². The first-order valence-electron chi connectivity index (χ1n) is 11.0. The molecule has 0 saturated heterocycles. The number of rotatable bonds is 6. The number of nitrogens with zero attached hydrogens (tertiary/aromatic N) is 1. The Labute approximate surface area is 200 Å². The number of hydrogen-bond donors (Lipinski definition) is 1. The molecule has 3 aromatic rings. The Balaban J connectivity index is 1.59. The van der Waals surface area contributed by atoms with Crippen molar-refractivity contribution in [1.82, 2.24) is 0 Å². The summed E-state index contributed by atoms with van der Waals surface area (Å²) in [4.78, 5) is 26.8. The third kappa shape index (κ3) is 5.10. The van der Waals surface area contributed by atoms with E-state index in [9.17, 15) is 19.2 Å². The van der Waals surface area contributed by atoms with Crippen LogP contribution in [0, 0.1) is 17.1 Å². The average Bonchev–Trinajstić information content (AvgIpc) is 3.41. The first kappa shape index (κ1) is 23.5. The van der Waals surface area contributed by atoms with Crippen molar-refractivity contribution in [2.75, 3.05) is 5.32 Å². The number of benzene rings is 1. The fourth-order valence-electron chi connectivity index (χ4n) is 3.80. The third-order valence-corrected chi connectivity index (χ3v) is 6.56. The Morgan fingerprint density at radius 2 is 1.91 bits per heavy atom. The van der Waals surface area contributed by atoms with Gasteiger partial charge in [-0.3, -0.25) is 4.79 Å². The highest BCUT2D eigenvalue weighted by molar-refractivity contribution is 7.17. The van der Waals surface area contributed by atoms with E-state index in [0.29, 0.717) is 27.6 Å². The molecule has 0 radical (unpaired) electrons. The maximum absolute atomic E-state index is 13.2. The van der Waals surface area contributed by atoms with Gasteiger partial charge in [0.2, 0.25) is 0 Å². The van der Waals surface area contributed by atoms with Crippen molar-refractivity contribution < 1.29 is 23.1 Å². The van der Waals surface area contributed by atoms with Crippen molar-refractivity contribution in [2.24, 2.45) is 0 Å². The van der Waals surface area contributed by atoms with Gasteiger partial charge in [-0.15, -0.1) is 11.3 Å². The number of hydrogen-bond acceptors (Lipinski definition) is 6. The van der Waals surface area contributed by atoms with Gasteiger partial charge in [0, 0.05) is 16.5 Å². The van der Waals surface area contributed by atoms with Crippen molar-refractivity contribution in [1.29, 1.82) is 5.26 Å². The van der Waals surface area contributed by atoms with Crippen LogP contribution in [0.5, 0.6) is 0 Å². The molecule has 0 atom stereocenters. The zero-order valence-electron chi connectivity index (χ0n) is 18.8. The molecule has 1 aromatic carbocycles. The summed E-state index contributed by atoms with van der Waals surface area (Å²) in [5, 5.41) is 12.7. The fraction of sp³-hybridized carbons (Fsp3) is 0.269. The number of furan rings is 1. The molecule has 1 aliphatic carbocycles. The SMILES string of the molecule is CC(C)OC(=O)c1c(NC(=O)/C(C#N)=C/c2ccc(-c3ccc(F)cc3)o2)sc2c1CCCC2. The summed E-state index contributed by atoms with van der Waals surface area (Å²) in [5.41, 5.74) is 1.81. The van der Waals surface area contributed by atoms with Crippen LogP contribution < -0.4 is 5.32 Å².